The Morgan fingerprint density at radius 3 is 2.67 bits per heavy atom. The second kappa shape index (κ2) is 6.31. The number of ether oxygens (including phenoxy) is 1. The topological polar surface area (TPSA) is 64.3 Å². The molecule has 0 unspecified atom stereocenters. The van der Waals surface area contributed by atoms with Crippen LogP contribution in [0.3, 0.4) is 0 Å². The van der Waals surface area contributed by atoms with Crippen LogP contribution < -0.4 is 15.8 Å². The fourth-order valence-electron chi connectivity index (χ4n) is 2.17. The highest BCUT2D eigenvalue weighted by Gasteiger charge is 2.10. The van der Waals surface area contributed by atoms with E-state index in [1.165, 1.54) is 0 Å². The molecule has 21 heavy (non-hydrogen) atoms. The van der Waals surface area contributed by atoms with Crippen molar-refractivity contribution < 1.29 is 9.53 Å². The Bertz CT molecular complexity index is 666. The zero-order valence-corrected chi connectivity index (χ0v) is 12.6. The van der Waals surface area contributed by atoms with Gasteiger partial charge in [0.15, 0.2) is 0 Å². The van der Waals surface area contributed by atoms with Gasteiger partial charge in [0.2, 0.25) is 0 Å². The third-order valence-electron chi connectivity index (χ3n) is 3.44. The minimum absolute atomic E-state index is 0.123. The molecule has 0 fully saturated rings. The molecule has 0 atom stereocenters. The Morgan fingerprint density at radius 1 is 1.19 bits per heavy atom. The minimum Gasteiger partial charge on any atom is -0.497 e. The molecule has 1 amide bonds. The lowest BCUT2D eigenvalue weighted by atomic mass is 10.0. The number of rotatable bonds is 4. The number of nitrogen functional groups attached to an aromatic ring is 1. The highest BCUT2D eigenvalue weighted by Crippen LogP contribution is 2.18. The molecule has 0 aliphatic heterocycles. The van der Waals surface area contributed by atoms with E-state index < -0.39 is 0 Å². The normalized spacial score (nSPS) is 10.2. The number of hydrogen-bond acceptors (Lipinski definition) is 3. The fourth-order valence-corrected chi connectivity index (χ4v) is 2.17. The summed E-state index contributed by atoms with van der Waals surface area (Å²) in [5, 5.41) is 2.90. The van der Waals surface area contributed by atoms with Crippen LogP contribution in [0.4, 0.5) is 5.69 Å². The van der Waals surface area contributed by atoms with Gasteiger partial charge < -0.3 is 15.8 Å². The third-order valence-corrected chi connectivity index (χ3v) is 3.44. The number of anilines is 1. The summed E-state index contributed by atoms with van der Waals surface area (Å²) in [6.07, 6.45) is 0. The van der Waals surface area contributed by atoms with Crippen molar-refractivity contribution in [2.45, 2.75) is 20.4 Å². The van der Waals surface area contributed by atoms with Gasteiger partial charge in [-0.25, -0.2) is 0 Å². The number of hydrogen-bond donors (Lipinski definition) is 2. The lowest BCUT2D eigenvalue weighted by Crippen LogP contribution is -2.23. The molecule has 0 radical (unpaired) electrons. The molecular weight excluding hydrogens is 264 g/mol. The summed E-state index contributed by atoms with van der Waals surface area (Å²) in [7, 11) is 1.62. The maximum atomic E-state index is 12.3. The highest BCUT2D eigenvalue weighted by atomic mass is 16.5. The number of aryl methyl sites for hydroxylation is 2. The van der Waals surface area contributed by atoms with Crippen molar-refractivity contribution >= 4 is 11.6 Å². The van der Waals surface area contributed by atoms with Crippen LogP contribution in [0.15, 0.2) is 36.4 Å². The van der Waals surface area contributed by atoms with Crippen molar-refractivity contribution in [2.24, 2.45) is 0 Å². The monoisotopic (exact) mass is 284 g/mol. The van der Waals surface area contributed by atoms with Crippen LogP contribution in [-0.2, 0) is 6.54 Å². The summed E-state index contributed by atoms with van der Waals surface area (Å²) in [4.78, 5) is 12.3. The van der Waals surface area contributed by atoms with Gasteiger partial charge in [-0.2, -0.15) is 0 Å². The van der Waals surface area contributed by atoms with Gasteiger partial charge >= 0.3 is 0 Å². The molecule has 0 heterocycles. The van der Waals surface area contributed by atoms with Gasteiger partial charge in [-0.05, 0) is 48.7 Å². The van der Waals surface area contributed by atoms with Gasteiger partial charge in [-0.15, -0.1) is 0 Å². The van der Waals surface area contributed by atoms with E-state index in [2.05, 4.69) is 5.32 Å². The lowest BCUT2D eigenvalue weighted by Gasteiger charge is -2.11. The van der Waals surface area contributed by atoms with Gasteiger partial charge in [-0.3, -0.25) is 4.79 Å². The van der Waals surface area contributed by atoms with Crippen molar-refractivity contribution in [3.63, 3.8) is 0 Å². The molecule has 0 saturated carbocycles. The Kier molecular flexibility index (Phi) is 4.48. The van der Waals surface area contributed by atoms with Crippen molar-refractivity contribution in [2.75, 3.05) is 12.8 Å². The average Bonchev–Trinajstić information content (AvgIpc) is 2.48. The maximum Gasteiger partial charge on any atom is 0.251 e. The Balaban J connectivity index is 2.10. The van der Waals surface area contributed by atoms with E-state index in [4.69, 9.17) is 10.5 Å². The second-order valence-corrected chi connectivity index (χ2v) is 5.06. The van der Waals surface area contributed by atoms with Crippen LogP contribution in [0.2, 0.25) is 0 Å². The molecule has 4 nitrogen and oxygen atoms in total. The molecule has 0 aromatic heterocycles. The van der Waals surface area contributed by atoms with Crippen LogP contribution in [0, 0.1) is 13.8 Å². The SMILES string of the molecule is COc1cccc(CNC(=O)c2cc(N)c(C)cc2C)c1. The van der Waals surface area contributed by atoms with Gasteiger partial charge in [-0.1, -0.05) is 18.2 Å². The summed E-state index contributed by atoms with van der Waals surface area (Å²) in [6.45, 7) is 4.29. The maximum absolute atomic E-state index is 12.3. The summed E-state index contributed by atoms with van der Waals surface area (Å²) in [5.41, 5.74) is 10.0. The fraction of sp³-hybridized carbons (Fsp3) is 0.235. The minimum atomic E-state index is -0.123. The quantitative estimate of drug-likeness (QED) is 0.849. The summed E-state index contributed by atoms with van der Waals surface area (Å²) in [5.74, 6) is 0.652. The van der Waals surface area contributed by atoms with Crippen LogP contribution in [0.1, 0.15) is 27.0 Å². The molecular formula is C17H20N2O2. The number of nitrogens with two attached hydrogens (primary N) is 1. The smallest absolute Gasteiger partial charge is 0.251 e. The molecule has 0 aliphatic carbocycles. The second-order valence-electron chi connectivity index (χ2n) is 5.06. The first-order valence-electron chi connectivity index (χ1n) is 6.79. The van der Waals surface area contributed by atoms with Crippen molar-refractivity contribution in [3.05, 3.63) is 58.7 Å². The molecule has 2 aromatic carbocycles. The predicted octanol–water partition coefficient (Wildman–Crippen LogP) is 2.82. The standard InChI is InChI=1S/C17H20N2O2/c1-11-7-12(2)16(18)9-15(11)17(20)19-10-13-5-4-6-14(8-13)21-3/h4-9H,10,18H2,1-3H3,(H,19,20). The van der Waals surface area contributed by atoms with E-state index in [-0.39, 0.29) is 5.91 Å². The van der Waals surface area contributed by atoms with Crippen LogP contribution >= 0.6 is 0 Å². The van der Waals surface area contributed by atoms with Gasteiger partial charge in [0.1, 0.15) is 5.75 Å². The number of nitrogens with one attached hydrogen (secondary N) is 1. The number of methoxy groups -OCH3 is 1. The Labute approximate surface area is 124 Å². The molecule has 4 heteroatoms. The molecule has 0 spiro atoms. The Morgan fingerprint density at radius 2 is 1.95 bits per heavy atom. The van der Waals surface area contributed by atoms with Crippen molar-refractivity contribution in [1.29, 1.82) is 0 Å². The molecule has 110 valence electrons. The van der Waals surface area contributed by atoms with Gasteiger partial charge in [0.25, 0.3) is 5.91 Å². The van der Waals surface area contributed by atoms with Crippen molar-refractivity contribution in [3.8, 4) is 5.75 Å². The van der Waals surface area contributed by atoms with Crippen molar-refractivity contribution in [1.82, 2.24) is 5.32 Å². The van der Waals surface area contributed by atoms with Gasteiger partial charge in [0, 0.05) is 17.8 Å². The zero-order valence-electron chi connectivity index (χ0n) is 12.6. The van der Waals surface area contributed by atoms with Gasteiger partial charge in [0.05, 0.1) is 7.11 Å². The number of carbonyl (C=O) groups is 1. The van der Waals surface area contributed by atoms with E-state index in [0.29, 0.717) is 17.8 Å². The number of carbonyl (C=O) groups excluding carboxylic acids is 1. The van der Waals surface area contributed by atoms with Crippen LogP contribution in [0.25, 0.3) is 0 Å². The van der Waals surface area contributed by atoms with E-state index in [1.54, 1.807) is 13.2 Å². The zero-order chi connectivity index (χ0) is 15.4. The van der Waals surface area contributed by atoms with Crippen LogP contribution in [-0.4, -0.2) is 13.0 Å². The van der Waals surface area contributed by atoms with E-state index in [9.17, 15) is 4.79 Å². The predicted molar refractivity (Wildman–Crippen MR) is 84.5 cm³/mol. The first-order chi connectivity index (χ1) is 10.0. The molecule has 0 bridgehead atoms. The number of benzene rings is 2. The number of amides is 1. The van der Waals surface area contributed by atoms with E-state index >= 15 is 0 Å². The first kappa shape index (κ1) is 14.9. The average molecular weight is 284 g/mol. The van der Waals surface area contributed by atoms with Crippen LogP contribution in [0.5, 0.6) is 5.75 Å². The third kappa shape index (κ3) is 3.54. The van der Waals surface area contributed by atoms with E-state index in [1.807, 2.05) is 44.2 Å². The molecule has 2 rings (SSSR count). The molecule has 0 saturated heterocycles. The molecule has 2 aromatic rings. The largest absolute Gasteiger partial charge is 0.497 e. The Hall–Kier alpha value is -2.49. The highest BCUT2D eigenvalue weighted by molar-refractivity contribution is 5.96. The molecule has 3 N–H and O–H groups in total. The summed E-state index contributed by atoms with van der Waals surface area (Å²) < 4.78 is 5.17. The first-order valence-corrected chi connectivity index (χ1v) is 6.79. The lowest BCUT2D eigenvalue weighted by molar-refractivity contribution is 0.0950. The molecule has 0 aliphatic rings. The van der Waals surface area contributed by atoms with E-state index in [0.717, 1.165) is 22.4 Å². The summed E-state index contributed by atoms with van der Waals surface area (Å²) in [6, 6.07) is 11.3. The summed E-state index contributed by atoms with van der Waals surface area (Å²) >= 11 is 0.